The molecule has 1 N–H and O–H groups in total. The first-order valence-corrected chi connectivity index (χ1v) is 9.28. The number of carboxylic acids is 1. The van der Waals surface area contributed by atoms with E-state index >= 15 is 0 Å². The van der Waals surface area contributed by atoms with Crippen molar-refractivity contribution in [2.24, 2.45) is 0 Å². The zero-order valence-electron chi connectivity index (χ0n) is 12.3. The third kappa shape index (κ3) is 4.00. The summed E-state index contributed by atoms with van der Waals surface area (Å²) in [5, 5.41) is 9.13. The quantitative estimate of drug-likeness (QED) is 0.911. The molecule has 1 aromatic rings. The average Bonchev–Trinajstić information content (AvgIpc) is 2.60. The zero-order chi connectivity index (χ0) is 16.2. The Bertz CT molecular complexity index is 635. The molecule has 0 amide bonds. The smallest absolute Gasteiger partial charge is 0.337 e. The van der Waals surface area contributed by atoms with Crippen LogP contribution in [0.3, 0.4) is 0 Å². The van der Waals surface area contributed by atoms with Crippen LogP contribution in [-0.2, 0) is 10.0 Å². The maximum absolute atomic E-state index is 12.7. The van der Waals surface area contributed by atoms with Crippen LogP contribution in [0.4, 0.5) is 0 Å². The Morgan fingerprint density at radius 3 is 2.14 bits per heavy atom. The van der Waals surface area contributed by atoms with E-state index in [0.717, 1.165) is 44.6 Å². The summed E-state index contributed by atoms with van der Waals surface area (Å²) in [5.74, 6) is -1.23. The summed E-state index contributed by atoms with van der Waals surface area (Å²) in [6.07, 6.45) is 5.98. The number of carboxylic acid groups (broad SMARTS) is 1. The summed E-state index contributed by atoms with van der Waals surface area (Å²) in [6.45, 7) is 0.959. The Balaban J connectivity index is 2.31. The number of benzene rings is 1. The van der Waals surface area contributed by atoms with Crippen LogP contribution in [0.2, 0.25) is 5.02 Å². The van der Waals surface area contributed by atoms with E-state index in [0.29, 0.717) is 13.1 Å². The van der Waals surface area contributed by atoms with Crippen LogP contribution in [-0.4, -0.2) is 36.9 Å². The normalized spacial score (nSPS) is 18.2. The topological polar surface area (TPSA) is 74.7 Å². The van der Waals surface area contributed by atoms with E-state index in [4.69, 9.17) is 16.7 Å². The van der Waals surface area contributed by atoms with E-state index in [1.807, 2.05) is 0 Å². The molecule has 0 radical (unpaired) electrons. The number of hydrogen-bond acceptors (Lipinski definition) is 3. The van der Waals surface area contributed by atoms with E-state index in [1.54, 1.807) is 0 Å². The van der Waals surface area contributed by atoms with Crippen LogP contribution in [0.5, 0.6) is 0 Å². The molecule has 1 fully saturated rings. The van der Waals surface area contributed by atoms with Crippen LogP contribution in [0, 0.1) is 0 Å². The fourth-order valence-electron chi connectivity index (χ4n) is 2.61. The predicted molar refractivity (Wildman–Crippen MR) is 84.9 cm³/mol. The Labute approximate surface area is 135 Å². The third-order valence-corrected chi connectivity index (χ3v) is 6.10. The number of aromatic carboxylic acids is 1. The second-order valence-corrected chi connectivity index (χ2v) is 7.82. The standard InChI is InChI=1S/C15H20ClNO4S/c16-14-8-7-12(11-13(14)15(18)19)22(20,21)17-9-5-3-1-2-4-6-10-17/h7-8,11H,1-6,9-10H2,(H,18,19). The van der Waals surface area contributed by atoms with Gasteiger partial charge >= 0.3 is 5.97 Å². The minimum Gasteiger partial charge on any atom is -0.478 e. The van der Waals surface area contributed by atoms with Gasteiger partial charge in [-0.05, 0) is 31.0 Å². The molecule has 1 aromatic carbocycles. The van der Waals surface area contributed by atoms with Crippen LogP contribution >= 0.6 is 11.6 Å². The third-order valence-electron chi connectivity index (χ3n) is 3.87. The molecule has 7 heteroatoms. The van der Waals surface area contributed by atoms with Crippen molar-refractivity contribution >= 4 is 27.6 Å². The number of rotatable bonds is 3. The molecule has 1 aliphatic heterocycles. The first-order chi connectivity index (χ1) is 10.4. The number of carbonyl (C=O) groups is 1. The van der Waals surface area contributed by atoms with Gasteiger partial charge in [0.05, 0.1) is 15.5 Å². The van der Waals surface area contributed by atoms with E-state index in [-0.39, 0.29) is 15.5 Å². The molecule has 0 spiro atoms. The van der Waals surface area contributed by atoms with E-state index in [2.05, 4.69) is 0 Å². The number of hydrogen-bond donors (Lipinski definition) is 1. The molecular weight excluding hydrogens is 326 g/mol. The van der Waals surface area contributed by atoms with Gasteiger partial charge in [-0.15, -0.1) is 0 Å². The van der Waals surface area contributed by atoms with Gasteiger partial charge in [-0.3, -0.25) is 0 Å². The number of sulfonamides is 1. The Kier molecular flexibility index (Phi) is 5.83. The lowest BCUT2D eigenvalue weighted by molar-refractivity contribution is 0.0697. The fourth-order valence-corrected chi connectivity index (χ4v) is 4.36. The molecule has 0 atom stereocenters. The second-order valence-electron chi connectivity index (χ2n) is 5.47. The van der Waals surface area contributed by atoms with E-state index in [1.165, 1.54) is 16.4 Å². The van der Waals surface area contributed by atoms with Crippen molar-refractivity contribution in [2.45, 2.75) is 43.4 Å². The van der Waals surface area contributed by atoms with Gasteiger partial charge in [0.15, 0.2) is 0 Å². The van der Waals surface area contributed by atoms with Gasteiger partial charge in [-0.1, -0.05) is 37.3 Å². The summed E-state index contributed by atoms with van der Waals surface area (Å²) in [5.41, 5.74) is -0.188. The molecule has 122 valence electrons. The minimum absolute atomic E-state index is 0.00598. The average molecular weight is 346 g/mol. The largest absolute Gasteiger partial charge is 0.478 e. The molecular formula is C15H20ClNO4S. The highest BCUT2D eigenvalue weighted by atomic mass is 35.5. The molecule has 0 bridgehead atoms. The van der Waals surface area contributed by atoms with Crippen molar-refractivity contribution in [3.8, 4) is 0 Å². The molecule has 0 aliphatic carbocycles. The first-order valence-electron chi connectivity index (χ1n) is 7.46. The highest BCUT2D eigenvalue weighted by Crippen LogP contribution is 2.24. The zero-order valence-corrected chi connectivity index (χ0v) is 13.9. The lowest BCUT2D eigenvalue weighted by Crippen LogP contribution is -2.33. The van der Waals surface area contributed by atoms with Crippen molar-refractivity contribution in [3.05, 3.63) is 28.8 Å². The molecule has 5 nitrogen and oxygen atoms in total. The van der Waals surface area contributed by atoms with E-state index in [9.17, 15) is 13.2 Å². The maximum Gasteiger partial charge on any atom is 0.337 e. The summed E-state index contributed by atoms with van der Waals surface area (Å²) in [6, 6.07) is 3.84. The molecule has 2 rings (SSSR count). The van der Waals surface area contributed by atoms with Gasteiger partial charge in [0.25, 0.3) is 0 Å². The number of halogens is 1. The molecule has 1 heterocycles. The van der Waals surface area contributed by atoms with Gasteiger partial charge in [0, 0.05) is 13.1 Å². The highest BCUT2D eigenvalue weighted by molar-refractivity contribution is 7.89. The first kappa shape index (κ1) is 17.2. The van der Waals surface area contributed by atoms with Crippen molar-refractivity contribution < 1.29 is 18.3 Å². The summed E-state index contributed by atoms with van der Waals surface area (Å²) < 4.78 is 26.9. The lowest BCUT2D eigenvalue weighted by atomic mass is 10.1. The summed E-state index contributed by atoms with van der Waals surface area (Å²) in [4.78, 5) is 11.1. The van der Waals surface area contributed by atoms with Gasteiger partial charge in [0.2, 0.25) is 10.0 Å². The monoisotopic (exact) mass is 345 g/mol. The van der Waals surface area contributed by atoms with Gasteiger partial charge in [-0.2, -0.15) is 4.31 Å². The van der Waals surface area contributed by atoms with Crippen LogP contribution in [0.15, 0.2) is 23.1 Å². The maximum atomic E-state index is 12.7. The molecule has 1 aliphatic rings. The van der Waals surface area contributed by atoms with Crippen LogP contribution in [0.1, 0.15) is 48.9 Å². The van der Waals surface area contributed by atoms with Crippen molar-refractivity contribution in [3.63, 3.8) is 0 Å². The lowest BCUT2D eigenvalue weighted by Gasteiger charge is -2.21. The second kappa shape index (κ2) is 7.44. The molecule has 22 heavy (non-hydrogen) atoms. The van der Waals surface area contributed by atoms with Gasteiger partial charge in [-0.25, -0.2) is 13.2 Å². The number of nitrogens with zero attached hydrogens (tertiary/aromatic N) is 1. The van der Waals surface area contributed by atoms with E-state index < -0.39 is 16.0 Å². The summed E-state index contributed by atoms with van der Waals surface area (Å²) >= 11 is 5.81. The van der Waals surface area contributed by atoms with Gasteiger partial charge in [0.1, 0.15) is 0 Å². The Morgan fingerprint density at radius 1 is 1.05 bits per heavy atom. The Morgan fingerprint density at radius 2 is 1.59 bits per heavy atom. The highest BCUT2D eigenvalue weighted by Gasteiger charge is 2.25. The molecule has 0 aromatic heterocycles. The van der Waals surface area contributed by atoms with Crippen LogP contribution in [0.25, 0.3) is 0 Å². The molecule has 1 saturated heterocycles. The summed E-state index contributed by atoms with van der Waals surface area (Å²) in [7, 11) is -3.68. The molecule has 0 saturated carbocycles. The fraction of sp³-hybridized carbons (Fsp3) is 0.533. The predicted octanol–water partition coefficient (Wildman–Crippen LogP) is 3.38. The SMILES string of the molecule is O=C(O)c1cc(S(=O)(=O)N2CCCCCCCC2)ccc1Cl. The van der Waals surface area contributed by atoms with Crippen molar-refractivity contribution in [1.82, 2.24) is 4.31 Å². The van der Waals surface area contributed by atoms with Gasteiger partial charge < -0.3 is 5.11 Å². The van der Waals surface area contributed by atoms with Crippen molar-refractivity contribution in [1.29, 1.82) is 0 Å². The van der Waals surface area contributed by atoms with Crippen LogP contribution < -0.4 is 0 Å². The molecule has 0 unspecified atom stereocenters. The Hall–Kier alpha value is -1.11. The minimum atomic E-state index is -3.68. The van der Waals surface area contributed by atoms with Crippen molar-refractivity contribution in [2.75, 3.05) is 13.1 Å².